The Labute approximate surface area is 165 Å². The largest absolute Gasteiger partial charge is 0.497 e. The molecule has 0 fully saturated rings. The van der Waals surface area contributed by atoms with Crippen molar-refractivity contribution < 1.29 is 14.3 Å². The van der Waals surface area contributed by atoms with Crippen LogP contribution in [0.4, 0.5) is 0 Å². The number of para-hydroxylation sites is 1. The maximum absolute atomic E-state index is 12.9. The molecule has 0 atom stereocenters. The molecule has 0 radical (unpaired) electrons. The van der Waals surface area contributed by atoms with Crippen LogP contribution in [0, 0.1) is 0 Å². The van der Waals surface area contributed by atoms with Gasteiger partial charge in [0.15, 0.2) is 0 Å². The molecule has 0 saturated heterocycles. The molecule has 7 heteroatoms. The van der Waals surface area contributed by atoms with Crippen LogP contribution in [0.3, 0.4) is 0 Å². The quantitative estimate of drug-likeness (QED) is 0.479. The molecule has 0 aliphatic heterocycles. The lowest BCUT2D eigenvalue weighted by molar-refractivity contribution is 0.0520. The molecule has 0 saturated carbocycles. The fourth-order valence-corrected chi connectivity index (χ4v) is 3.85. The van der Waals surface area contributed by atoms with Crippen LogP contribution in [0.15, 0.2) is 52.3 Å². The van der Waals surface area contributed by atoms with Crippen LogP contribution in [-0.2, 0) is 10.5 Å². The van der Waals surface area contributed by atoms with Crippen molar-refractivity contribution in [2.45, 2.75) is 17.7 Å². The molecule has 0 unspecified atom stereocenters. The zero-order valence-electron chi connectivity index (χ0n) is 14.9. The van der Waals surface area contributed by atoms with E-state index in [1.165, 1.54) is 11.8 Å². The topological polar surface area (TPSA) is 68.4 Å². The van der Waals surface area contributed by atoms with Crippen molar-refractivity contribution in [2.24, 2.45) is 0 Å². The Morgan fingerprint density at radius 2 is 1.93 bits per heavy atom. The molecule has 1 aromatic heterocycles. The fraction of sp³-hybridized carbons (Fsp3) is 0.200. The number of ether oxygens (including phenoxy) is 2. The highest BCUT2D eigenvalue weighted by atomic mass is 35.5. The van der Waals surface area contributed by atoms with Gasteiger partial charge in [-0.25, -0.2) is 4.79 Å². The Morgan fingerprint density at radius 1 is 1.19 bits per heavy atom. The molecule has 2 aromatic carbocycles. The van der Waals surface area contributed by atoms with E-state index in [1.54, 1.807) is 32.2 Å². The monoisotopic (exact) mass is 403 g/mol. The molecular formula is C20H18ClNO4S. The number of thioether (sulfide) groups is 1. The summed E-state index contributed by atoms with van der Waals surface area (Å²) in [6.07, 6.45) is 0. The number of fused-ring (bicyclic) bond motifs is 1. The van der Waals surface area contributed by atoms with Crippen molar-refractivity contribution >= 4 is 40.2 Å². The van der Waals surface area contributed by atoms with E-state index in [-0.39, 0.29) is 17.6 Å². The van der Waals surface area contributed by atoms with Gasteiger partial charge >= 0.3 is 5.97 Å². The summed E-state index contributed by atoms with van der Waals surface area (Å²) in [5.74, 6) is 0.683. The van der Waals surface area contributed by atoms with Crippen molar-refractivity contribution in [2.75, 3.05) is 13.7 Å². The summed E-state index contributed by atoms with van der Waals surface area (Å²) in [6.45, 7) is 1.89. The Kier molecular flexibility index (Phi) is 6.08. The van der Waals surface area contributed by atoms with Gasteiger partial charge in [-0.05, 0) is 36.8 Å². The number of hydrogen-bond donors (Lipinski definition) is 1. The van der Waals surface area contributed by atoms with E-state index >= 15 is 0 Å². The van der Waals surface area contributed by atoms with E-state index in [9.17, 15) is 9.59 Å². The number of nitrogens with one attached hydrogen (secondary N) is 1. The smallest absolute Gasteiger partial charge is 0.344 e. The summed E-state index contributed by atoms with van der Waals surface area (Å²) in [5.41, 5.74) is 1.15. The second-order valence-electron chi connectivity index (χ2n) is 5.68. The maximum Gasteiger partial charge on any atom is 0.344 e. The molecule has 0 spiro atoms. The van der Waals surface area contributed by atoms with E-state index in [0.29, 0.717) is 26.7 Å². The van der Waals surface area contributed by atoms with Gasteiger partial charge in [-0.1, -0.05) is 29.8 Å². The molecule has 27 heavy (non-hydrogen) atoms. The summed E-state index contributed by atoms with van der Waals surface area (Å²) in [5, 5.41) is 1.22. The third-order valence-corrected chi connectivity index (χ3v) is 5.36. The third kappa shape index (κ3) is 4.12. The van der Waals surface area contributed by atoms with Gasteiger partial charge in [-0.15, -0.1) is 11.8 Å². The van der Waals surface area contributed by atoms with Gasteiger partial charge in [-0.2, -0.15) is 0 Å². The summed E-state index contributed by atoms with van der Waals surface area (Å²) in [4.78, 5) is 28.5. The zero-order valence-corrected chi connectivity index (χ0v) is 16.4. The highest BCUT2D eigenvalue weighted by Crippen LogP contribution is 2.28. The second kappa shape index (κ2) is 8.50. The predicted molar refractivity (Wildman–Crippen MR) is 108 cm³/mol. The van der Waals surface area contributed by atoms with E-state index in [0.717, 1.165) is 11.3 Å². The van der Waals surface area contributed by atoms with Crippen molar-refractivity contribution in [1.29, 1.82) is 0 Å². The number of methoxy groups -OCH3 is 1. The highest BCUT2D eigenvalue weighted by molar-refractivity contribution is 7.98. The first-order valence-corrected chi connectivity index (χ1v) is 9.68. The standard InChI is InChI=1S/C20H18ClNO4S/c1-3-26-20(24)16-18(23)14-5-4-6-15(21)17(14)22-19(16)27-11-12-7-9-13(25-2)10-8-12/h4-10H,3,11H2,1-2H3,(H,22,23). The summed E-state index contributed by atoms with van der Waals surface area (Å²) >= 11 is 7.58. The SMILES string of the molecule is CCOC(=O)c1c(SCc2ccc(OC)cc2)[nH]c2c(Cl)cccc2c1=O. The lowest BCUT2D eigenvalue weighted by Gasteiger charge is -2.11. The summed E-state index contributed by atoms with van der Waals surface area (Å²) in [7, 11) is 1.61. The average molecular weight is 404 g/mol. The van der Waals surface area contributed by atoms with Gasteiger partial charge in [0.25, 0.3) is 0 Å². The number of H-pyrrole nitrogens is 1. The summed E-state index contributed by atoms with van der Waals surface area (Å²) < 4.78 is 10.2. The summed E-state index contributed by atoms with van der Waals surface area (Å²) in [6, 6.07) is 12.6. The highest BCUT2D eigenvalue weighted by Gasteiger charge is 2.21. The van der Waals surface area contributed by atoms with Gasteiger partial charge < -0.3 is 14.5 Å². The molecule has 0 aliphatic rings. The second-order valence-corrected chi connectivity index (χ2v) is 7.07. The fourth-order valence-electron chi connectivity index (χ4n) is 2.63. The minimum Gasteiger partial charge on any atom is -0.497 e. The number of carbonyl (C=O) groups excluding carboxylic acids is 1. The van der Waals surface area contributed by atoms with E-state index in [4.69, 9.17) is 21.1 Å². The molecule has 0 amide bonds. The Bertz CT molecular complexity index is 1030. The lowest BCUT2D eigenvalue weighted by Crippen LogP contribution is -2.20. The molecule has 5 nitrogen and oxygen atoms in total. The van der Waals surface area contributed by atoms with Crippen LogP contribution < -0.4 is 10.2 Å². The molecule has 3 aromatic rings. The first-order chi connectivity index (χ1) is 13.0. The van der Waals surface area contributed by atoms with E-state index in [1.807, 2.05) is 24.3 Å². The minimum atomic E-state index is -0.641. The normalized spacial score (nSPS) is 10.8. The van der Waals surface area contributed by atoms with Crippen LogP contribution in [0.5, 0.6) is 5.75 Å². The number of aromatic nitrogens is 1. The Hall–Kier alpha value is -2.44. The number of halogens is 1. The van der Waals surface area contributed by atoms with Gasteiger partial charge in [-0.3, -0.25) is 4.79 Å². The number of aromatic amines is 1. The van der Waals surface area contributed by atoms with Crippen LogP contribution in [0.2, 0.25) is 5.02 Å². The lowest BCUT2D eigenvalue weighted by atomic mass is 10.1. The van der Waals surface area contributed by atoms with Gasteiger partial charge in [0.05, 0.1) is 29.3 Å². The molecule has 3 rings (SSSR count). The van der Waals surface area contributed by atoms with Crippen LogP contribution in [0.25, 0.3) is 10.9 Å². The molecular weight excluding hydrogens is 386 g/mol. The van der Waals surface area contributed by atoms with Crippen LogP contribution in [0.1, 0.15) is 22.8 Å². The molecule has 0 aliphatic carbocycles. The van der Waals surface area contributed by atoms with Gasteiger partial charge in [0.2, 0.25) is 5.43 Å². The maximum atomic E-state index is 12.9. The van der Waals surface area contributed by atoms with Crippen LogP contribution in [-0.4, -0.2) is 24.7 Å². The molecule has 1 heterocycles. The Morgan fingerprint density at radius 3 is 2.59 bits per heavy atom. The molecule has 0 bridgehead atoms. The number of esters is 1. The number of pyridine rings is 1. The Balaban J connectivity index is 2.03. The number of rotatable bonds is 6. The number of carbonyl (C=O) groups is 1. The first kappa shape index (κ1) is 19.3. The zero-order chi connectivity index (χ0) is 19.4. The van der Waals surface area contributed by atoms with E-state index in [2.05, 4.69) is 4.98 Å². The average Bonchev–Trinajstić information content (AvgIpc) is 2.67. The first-order valence-electron chi connectivity index (χ1n) is 8.32. The van der Waals surface area contributed by atoms with E-state index < -0.39 is 5.97 Å². The number of hydrogen-bond acceptors (Lipinski definition) is 5. The third-order valence-electron chi connectivity index (χ3n) is 3.97. The molecule has 140 valence electrons. The van der Waals surface area contributed by atoms with Crippen LogP contribution >= 0.6 is 23.4 Å². The van der Waals surface area contributed by atoms with Crippen molar-refractivity contribution in [3.05, 3.63) is 68.8 Å². The predicted octanol–water partition coefficient (Wildman–Crippen LogP) is 4.66. The van der Waals surface area contributed by atoms with Crippen molar-refractivity contribution in [3.8, 4) is 5.75 Å². The van der Waals surface area contributed by atoms with Crippen molar-refractivity contribution in [3.63, 3.8) is 0 Å². The minimum absolute atomic E-state index is 0.00475. The van der Waals surface area contributed by atoms with Crippen molar-refractivity contribution in [1.82, 2.24) is 4.98 Å². The number of benzene rings is 2. The molecule has 1 N–H and O–H groups in total. The van der Waals surface area contributed by atoms with Gasteiger partial charge in [0, 0.05) is 11.1 Å². The van der Waals surface area contributed by atoms with Gasteiger partial charge in [0.1, 0.15) is 11.3 Å².